The van der Waals surface area contributed by atoms with Crippen LogP contribution in [-0.2, 0) is 121 Å². The van der Waals surface area contributed by atoms with Gasteiger partial charge in [0.25, 0.3) is 0 Å². The minimum absolute atomic E-state index is 0. The van der Waals surface area contributed by atoms with Crippen molar-refractivity contribution < 1.29 is 151 Å². The minimum Gasteiger partial charge on any atom is -0.285 e. The van der Waals surface area contributed by atoms with Gasteiger partial charge in [-0.05, 0) is 112 Å². The van der Waals surface area contributed by atoms with Crippen LogP contribution in [0.25, 0.3) is 129 Å². The van der Waals surface area contributed by atoms with Crippen LogP contribution in [0.3, 0.4) is 0 Å². The zero-order valence-electron chi connectivity index (χ0n) is 51.2. The van der Waals surface area contributed by atoms with Crippen molar-refractivity contribution in [1.29, 1.82) is 0 Å². The average Bonchev–Trinajstić information content (AvgIpc) is 1.78. The summed E-state index contributed by atoms with van der Waals surface area (Å²) in [6.45, 7) is 0. The number of benzene rings is 6. The van der Waals surface area contributed by atoms with E-state index in [0.29, 0.717) is 33.6 Å². The smallest absolute Gasteiger partial charge is 0.117 e. The first-order valence-electron chi connectivity index (χ1n) is 28.3. The van der Waals surface area contributed by atoms with Crippen LogP contribution in [-0.4, -0.2) is 59.8 Å². The number of hydrogen-bond donors (Lipinski definition) is 0. The summed E-state index contributed by atoms with van der Waals surface area (Å²) in [5.41, 5.74) is 6.95. The van der Waals surface area contributed by atoms with Crippen LogP contribution in [0.5, 0.6) is 0 Å². The van der Waals surface area contributed by atoms with E-state index in [1.54, 1.807) is 70.7 Å². The molecule has 109 heavy (non-hydrogen) atoms. The van der Waals surface area contributed by atoms with Crippen molar-refractivity contribution in [3.63, 3.8) is 0 Å². The number of nitrogens with zero attached hydrogens (tertiary/aromatic N) is 12. The summed E-state index contributed by atoms with van der Waals surface area (Å²) >= 11 is 9.12. The Morgan fingerprint density at radius 3 is 1.00 bits per heavy atom. The van der Waals surface area contributed by atoms with Gasteiger partial charge in [-0.1, -0.05) is 67.3 Å². The molecule has 0 aliphatic heterocycles. The second kappa shape index (κ2) is 48.0. The van der Waals surface area contributed by atoms with E-state index in [1.807, 2.05) is 80.8 Å². The molecular weight excluding hydrogens is 2580 g/mol. The fourth-order valence-electron chi connectivity index (χ4n) is 9.50. The molecule has 12 aromatic heterocycles. The number of halogens is 7. The van der Waals surface area contributed by atoms with E-state index in [0.717, 1.165) is 102 Å². The van der Waals surface area contributed by atoms with E-state index >= 15 is 0 Å². The maximum absolute atomic E-state index is 13.7. The molecule has 0 bridgehead atoms. The molecule has 0 saturated carbocycles. The molecule has 0 N–H and O–H groups in total. The molecule has 18 aromatic rings. The van der Waals surface area contributed by atoms with Crippen LogP contribution in [0.2, 0.25) is 0 Å². The van der Waals surface area contributed by atoms with Crippen LogP contribution in [0.1, 0.15) is 44.6 Å². The number of rotatable bonds is 6. The van der Waals surface area contributed by atoms with Gasteiger partial charge >= 0.3 is 0 Å². The maximum Gasteiger partial charge on any atom is 0.117 e. The molecule has 0 fully saturated rings. The summed E-state index contributed by atoms with van der Waals surface area (Å²) < 4.78 is 92.8. The fourth-order valence-corrected chi connectivity index (χ4v) is 13.9. The Morgan fingerprint density at radius 1 is 0.248 bits per heavy atom. The minimum atomic E-state index is -0.932. The molecule has 576 valence electrons. The topological polar surface area (TPSA) is 155 Å². The standard InChI is InChI=1S/2C12H5F2N2S.3C12H6FN2S.C12H7N2S.6CH4.6Ir/c13-7-1-2-8(10(14)5-7)11-9-3-4-17-12(9)16-6-15-11;13-9-3-1-2-7(10(9)14)11-8-4-5-17-12(8)16-6-15-11;13-9-3-1-8(2-4-9)11-10-5-6-16-12(10)15-7-14-11;13-9-3-1-2-8(6-9)11-10-4-5-16-12(10)15-7-14-11;13-10-4-2-1-3-8(10)11-9-5-6-16-12(9)15-7-14-11;1-2-4-9(5-3-1)11-10-6-7-15-12(10)14-8-13-11;;;;;;;;;;;;/h2*1,3-6H;2*1,3-7H;1-2,4-7H;1-4,6-8H;6*1H4;;;;;;/q6*-1;;;;;;;;;;;;. The van der Waals surface area contributed by atoms with Crippen molar-refractivity contribution in [2.24, 2.45) is 0 Å². The molecule has 6 radical (unpaired) electrons. The molecule has 0 saturated heterocycles. The van der Waals surface area contributed by atoms with Gasteiger partial charge in [0.15, 0.2) is 0 Å². The van der Waals surface area contributed by atoms with E-state index in [1.165, 1.54) is 102 Å². The zero-order valence-corrected chi connectivity index (χ0v) is 70.4. The van der Waals surface area contributed by atoms with Crippen LogP contribution >= 0.6 is 68.0 Å². The molecule has 18 rings (SSSR count). The molecule has 0 unspecified atom stereocenters. The molecule has 0 atom stereocenters. The first-order valence-corrected chi connectivity index (χ1v) is 33.6. The van der Waals surface area contributed by atoms with E-state index in [4.69, 9.17) is 0 Å². The Bertz CT molecular complexity index is 5750. The van der Waals surface area contributed by atoms with Gasteiger partial charge in [0, 0.05) is 172 Å². The summed E-state index contributed by atoms with van der Waals surface area (Å²) in [4.78, 5) is 54.9. The Morgan fingerprint density at radius 2 is 0.606 bits per heavy atom. The van der Waals surface area contributed by atoms with Gasteiger partial charge in [-0.25, -0.2) is 38.7 Å². The fraction of sp³-hybridized carbons (Fsp3) is 0.0769. The van der Waals surface area contributed by atoms with E-state index in [2.05, 4.69) is 102 Å². The average molecular weight is 2640 g/mol. The van der Waals surface area contributed by atoms with Gasteiger partial charge in [-0.15, -0.1) is 218 Å². The Kier molecular flexibility index (Phi) is 44.0. The van der Waals surface area contributed by atoms with Gasteiger partial charge in [-0.2, -0.15) is 0 Å². The number of hydrogen-bond acceptors (Lipinski definition) is 18. The molecular formula is C78H59F7Ir6N12S6-6. The summed E-state index contributed by atoms with van der Waals surface area (Å²) in [6.07, 6.45) is 8.78. The number of thiophene rings is 6. The molecule has 31 heteroatoms. The number of fused-ring (bicyclic) bond motifs is 6. The monoisotopic (exact) mass is 2650 g/mol. The van der Waals surface area contributed by atoms with Crippen molar-refractivity contribution in [1.82, 2.24) is 59.8 Å². The molecule has 0 spiro atoms. The van der Waals surface area contributed by atoms with E-state index in [-0.39, 0.29) is 194 Å². The second-order valence-corrected chi connectivity index (χ2v) is 25.1. The van der Waals surface area contributed by atoms with Gasteiger partial charge in [-0.3, -0.25) is 51.9 Å². The maximum atomic E-state index is 13.7. The summed E-state index contributed by atoms with van der Waals surface area (Å²) in [5.74, 6) is -4.04. The largest absolute Gasteiger partial charge is 0.285 e. The van der Waals surface area contributed by atoms with Crippen LogP contribution in [0.4, 0.5) is 30.7 Å². The van der Waals surface area contributed by atoms with Gasteiger partial charge < -0.3 is 0 Å². The normalized spacial score (nSPS) is 9.64. The third-order valence-electron chi connectivity index (χ3n) is 13.8. The Hall–Kier alpha value is -7.03. The third-order valence-corrected chi connectivity index (χ3v) is 18.8. The zero-order chi connectivity index (χ0) is 66.6. The van der Waals surface area contributed by atoms with Crippen LogP contribution in [0, 0.1) is 77.1 Å². The molecule has 0 aliphatic rings. The van der Waals surface area contributed by atoms with E-state index < -0.39 is 23.3 Å². The van der Waals surface area contributed by atoms with Crippen LogP contribution < -0.4 is 0 Å². The predicted octanol–water partition coefficient (Wildman–Crippen LogP) is 23.7. The van der Waals surface area contributed by atoms with E-state index in [9.17, 15) is 30.7 Å². The molecule has 12 heterocycles. The van der Waals surface area contributed by atoms with Gasteiger partial charge in [0.2, 0.25) is 0 Å². The second-order valence-electron chi connectivity index (χ2n) is 19.7. The van der Waals surface area contributed by atoms with Crippen molar-refractivity contribution in [2.45, 2.75) is 44.6 Å². The van der Waals surface area contributed by atoms with Gasteiger partial charge in [0.05, 0.1) is 11.6 Å². The van der Waals surface area contributed by atoms with Crippen molar-refractivity contribution in [2.75, 3.05) is 0 Å². The SMILES string of the molecule is C.C.C.C.C.C.Fc1c[c-]c(-c2ncnc3sccc23)c(F)c1.Fc1c[c-]c(-c2ncnc3sccc23)cc1.Fc1cc[c-]c(-c2ncnc3sccc23)c1.Fc1cc[c-]c(-c2ncnc3sccc23)c1F.Fc1ccc[c-]c1-c1ncnc2sccc12.[Ir].[Ir].[Ir].[Ir].[Ir].[Ir].[c-]1ccccc1-c1ncnc2sccc12. The predicted molar refractivity (Wildman–Crippen MR) is 410 cm³/mol. The molecule has 6 aromatic carbocycles. The van der Waals surface area contributed by atoms with Gasteiger partial charge in [0.1, 0.15) is 66.9 Å². The van der Waals surface area contributed by atoms with Crippen molar-refractivity contribution in [3.05, 3.63) is 287 Å². The first kappa shape index (κ1) is 100.0. The molecule has 0 aliphatic carbocycles. The van der Waals surface area contributed by atoms with Crippen molar-refractivity contribution in [3.8, 4) is 67.5 Å². The van der Waals surface area contributed by atoms with Crippen molar-refractivity contribution >= 4 is 129 Å². The van der Waals surface area contributed by atoms with Crippen LogP contribution in [0.15, 0.2) is 210 Å². The Balaban J connectivity index is 0.000000640. The number of aromatic nitrogens is 12. The quantitative estimate of drug-likeness (QED) is 0.115. The third kappa shape index (κ3) is 24.0. The molecule has 12 nitrogen and oxygen atoms in total. The summed E-state index contributed by atoms with van der Waals surface area (Å²) in [6, 6.07) is 54.2. The molecule has 0 amide bonds. The first-order chi connectivity index (χ1) is 47.5. The summed E-state index contributed by atoms with van der Waals surface area (Å²) in [5, 5.41) is 16.9. The Labute approximate surface area is 731 Å². The summed E-state index contributed by atoms with van der Waals surface area (Å²) in [7, 11) is 0.